The van der Waals surface area contributed by atoms with Crippen LogP contribution in [0.1, 0.15) is 16.0 Å². The fourth-order valence-corrected chi connectivity index (χ4v) is 3.63. The first-order valence-corrected chi connectivity index (χ1v) is 7.91. The molecule has 0 spiro atoms. The van der Waals surface area contributed by atoms with Gasteiger partial charge in [0, 0.05) is 14.3 Å². The molecule has 0 aromatic heterocycles. The zero-order valence-electron chi connectivity index (χ0n) is 10.4. The quantitative estimate of drug-likeness (QED) is 0.586. The van der Waals surface area contributed by atoms with Crippen LogP contribution in [0, 0.1) is 0 Å². The highest BCUT2D eigenvalue weighted by Gasteiger charge is 2.14. The third-order valence-electron chi connectivity index (χ3n) is 2.90. The first-order chi connectivity index (χ1) is 9.11. The first kappa shape index (κ1) is 14.9. The van der Waals surface area contributed by atoms with E-state index >= 15 is 0 Å². The van der Waals surface area contributed by atoms with E-state index < -0.39 is 0 Å². The van der Waals surface area contributed by atoms with Gasteiger partial charge in [-0.15, -0.1) is 0 Å². The van der Waals surface area contributed by atoms with Gasteiger partial charge in [-0.05, 0) is 41.8 Å². The fourth-order valence-electron chi connectivity index (χ4n) is 1.86. The number of rotatable bonds is 4. The monoisotopic (exact) mass is 402 g/mol. The SMILES string of the molecule is COc1ccc(Br)c(C(Br)Cc2ccccc2Cl)c1. The summed E-state index contributed by atoms with van der Waals surface area (Å²) in [6, 6.07) is 13.9. The van der Waals surface area contributed by atoms with Gasteiger partial charge >= 0.3 is 0 Å². The Labute approximate surface area is 135 Å². The average molecular weight is 405 g/mol. The normalized spacial score (nSPS) is 12.2. The minimum absolute atomic E-state index is 0.178. The van der Waals surface area contributed by atoms with E-state index in [2.05, 4.69) is 31.9 Å². The Morgan fingerprint density at radius 1 is 1.21 bits per heavy atom. The molecule has 1 atom stereocenters. The van der Waals surface area contributed by atoms with Crippen molar-refractivity contribution in [1.29, 1.82) is 0 Å². The van der Waals surface area contributed by atoms with Gasteiger partial charge in [-0.1, -0.05) is 61.7 Å². The van der Waals surface area contributed by atoms with Crippen molar-refractivity contribution in [3.8, 4) is 5.75 Å². The molecular weight excluding hydrogens is 391 g/mol. The molecule has 1 unspecified atom stereocenters. The van der Waals surface area contributed by atoms with Crippen molar-refractivity contribution < 1.29 is 4.74 Å². The van der Waals surface area contributed by atoms with E-state index in [1.54, 1.807) is 7.11 Å². The lowest BCUT2D eigenvalue weighted by molar-refractivity contribution is 0.414. The molecule has 0 heterocycles. The summed E-state index contributed by atoms with van der Waals surface area (Å²) in [7, 11) is 1.67. The third-order valence-corrected chi connectivity index (χ3v) is 4.81. The zero-order valence-corrected chi connectivity index (χ0v) is 14.3. The summed E-state index contributed by atoms with van der Waals surface area (Å²) in [4.78, 5) is 0.178. The van der Waals surface area contributed by atoms with Crippen LogP contribution in [0.15, 0.2) is 46.9 Å². The van der Waals surface area contributed by atoms with Gasteiger partial charge in [0.2, 0.25) is 0 Å². The maximum atomic E-state index is 6.20. The van der Waals surface area contributed by atoms with Gasteiger partial charge in [0.1, 0.15) is 5.75 Å². The molecule has 0 fully saturated rings. The lowest BCUT2D eigenvalue weighted by Gasteiger charge is -2.14. The largest absolute Gasteiger partial charge is 0.497 e. The summed E-state index contributed by atoms with van der Waals surface area (Å²) in [6.07, 6.45) is 0.825. The summed E-state index contributed by atoms with van der Waals surface area (Å²) in [5, 5.41) is 0.797. The number of halogens is 3. The van der Waals surface area contributed by atoms with Crippen molar-refractivity contribution >= 4 is 43.5 Å². The van der Waals surface area contributed by atoms with Crippen molar-refractivity contribution in [3.05, 3.63) is 63.1 Å². The van der Waals surface area contributed by atoms with Crippen molar-refractivity contribution in [2.24, 2.45) is 0 Å². The predicted octanol–water partition coefficient (Wildman–Crippen LogP) is 5.79. The van der Waals surface area contributed by atoms with Crippen LogP contribution in [0.3, 0.4) is 0 Å². The van der Waals surface area contributed by atoms with E-state index in [4.69, 9.17) is 16.3 Å². The van der Waals surface area contributed by atoms with Gasteiger partial charge in [-0.2, -0.15) is 0 Å². The summed E-state index contributed by atoms with van der Waals surface area (Å²) in [5.41, 5.74) is 2.28. The Morgan fingerprint density at radius 3 is 2.63 bits per heavy atom. The van der Waals surface area contributed by atoms with Crippen LogP contribution in [0.2, 0.25) is 5.02 Å². The van der Waals surface area contributed by atoms with Gasteiger partial charge in [-0.3, -0.25) is 0 Å². The third kappa shape index (κ3) is 3.74. The van der Waals surface area contributed by atoms with E-state index in [0.717, 1.165) is 32.8 Å². The number of hydrogen-bond donors (Lipinski definition) is 0. The molecule has 2 rings (SSSR count). The van der Waals surface area contributed by atoms with E-state index in [0.29, 0.717) is 0 Å². The fraction of sp³-hybridized carbons (Fsp3) is 0.200. The second-order valence-electron chi connectivity index (χ2n) is 4.15. The van der Waals surface area contributed by atoms with Crippen LogP contribution in [0.5, 0.6) is 5.75 Å². The molecule has 19 heavy (non-hydrogen) atoms. The lowest BCUT2D eigenvalue weighted by Crippen LogP contribution is -1.98. The van der Waals surface area contributed by atoms with Crippen LogP contribution < -0.4 is 4.74 Å². The molecule has 0 aliphatic rings. The Balaban J connectivity index is 2.25. The highest BCUT2D eigenvalue weighted by molar-refractivity contribution is 9.11. The van der Waals surface area contributed by atoms with Crippen LogP contribution >= 0.6 is 43.5 Å². The van der Waals surface area contributed by atoms with Crippen LogP contribution in [0.4, 0.5) is 0 Å². The Morgan fingerprint density at radius 2 is 1.95 bits per heavy atom. The minimum atomic E-state index is 0.178. The van der Waals surface area contributed by atoms with Crippen LogP contribution in [0.25, 0.3) is 0 Å². The summed E-state index contributed by atoms with van der Waals surface area (Å²) >= 11 is 13.5. The molecule has 1 nitrogen and oxygen atoms in total. The standard InChI is InChI=1S/C15H13Br2ClO/c1-19-11-6-7-13(16)12(9-11)14(17)8-10-4-2-3-5-15(10)18/h2-7,9,14H,8H2,1H3. The summed E-state index contributed by atoms with van der Waals surface area (Å²) < 4.78 is 6.32. The van der Waals surface area contributed by atoms with Gasteiger partial charge in [0.15, 0.2) is 0 Å². The van der Waals surface area contributed by atoms with Crippen molar-refractivity contribution in [3.63, 3.8) is 0 Å². The maximum Gasteiger partial charge on any atom is 0.119 e. The molecular formula is C15H13Br2ClO. The number of ether oxygens (including phenoxy) is 1. The maximum absolute atomic E-state index is 6.20. The van der Waals surface area contributed by atoms with E-state index in [1.807, 2.05) is 42.5 Å². The topological polar surface area (TPSA) is 9.23 Å². The smallest absolute Gasteiger partial charge is 0.119 e. The van der Waals surface area contributed by atoms with Gasteiger partial charge in [0.25, 0.3) is 0 Å². The molecule has 0 aliphatic carbocycles. The Bertz CT molecular complexity index is 572. The average Bonchev–Trinajstić information content (AvgIpc) is 2.42. The molecule has 0 aliphatic heterocycles. The number of hydrogen-bond acceptors (Lipinski definition) is 1. The number of methoxy groups -OCH3 is 1. The molecule has 2 aromatic rings. The Hall–Kier alpha value is -0.510. The molecule has 0 bridgehead atoms. The zero-order chi connectivity index (χ0) is 13.8. The predicted molar refractivity (Wildman–Crippen MR) is 87.5 cm³/mol. The molecule has 2 aromatic carbocycles. The second-order valence-corrected chi connectivity index (χ2v) is 6.52. The minimum Gasteiger partial charge on any atom is -0.497 e. The highest BCUT2D eigenvalue weighted by Crippen LogP contribution is 2.36. The number of benzene rings is 2. The molecule has 0 amide bonds. The van der Waals surface area contributed by atoms with Crippen LogP contribution in [-0.2, 0) is 6.42 Å². The van der Waals surface area contributed by atoms with E-state index in [1.165, 1.54) is 0 Å². The van der Waals surface area contributed by atoms with Crippen LogP contribution in [-0.4, -0.2) is 7.11 Å². The lowest BCUT2D eigenvalue weighted by atomic mass is 10.0. The number of alkyl halides is 1. The molecule has 0 radical (unpaired) electrons. The molecule has 100 valence electrons. The van der Waals surface area contributed by atoms with Gasteiger partial charge in [-0.25, -0.2) is 0 Å². The highest BCUT2D eigenvalue weighted by atomic mass is 79.9. The van der Waals surface area contributed by atoms with Crippen molar-refractivity contribution in [2.45, 2.75) is 11.2 Å². The molecule has 0 N–H and O–H groups in total. The van der Waals surface area contributed by atoms with E-state index in [-0.39, 0.29) is 4.83 Å². The van der Waals surface area contributed by atoms with E-state index in [9.17, 15) is 0 Å². The molecule has 4 heteroatoms. The Kier molecular flexibility index (Phi) is 5.31. The summed E-state index contributed by atoms with van der Waals surface area (Å²) in [5.74, 6) is 0.849. The van der Waals surface area contributed by atoms with Gasteiger partial charge in [0.05, 0.1) is 7.11 Å². The van der Waals surface area contributed by atoms with Crippen molar-refractivity contribution in [1.82, 2.24) is 0 Å². The molecule has 0 saturated heterocycles. The second kappa shape index (κ2) is 6.78. The molecule has 0 saturated carbocycles. The first-order valence-electron chi connectivity index (χ1n) is 5.82. The van der Waals surface area contributed by atoms with Crippen molar-refractivity contribution in [2.75, 3.05) is 7.11 Å². The van der Waals surface area contributed by atoms with Gasteiger partial charge < -0.3 is 4.74 Å². The summed E-state index contributed by atoms with van der Waals surface area (Å²) in [6.45, 7) is 0.